The van der Waals surface area contributed by atoms with Crippen LogP contribution in [0.3, 0.4) is 0 Å². The number of nitrogens with one attached hydrogen (secondary N) is 2. The van der Waals surface area contributed by atoms with Crippen molar-refractivity contribution >= 4 is 38.5 Å². The van der Waals surface area contributed by atoms with Crippen molar-refractivity contribution in [1.29, 1.82) is 0 Å². The summed E-state index contributed by atoms with van der Waals surface area (Å²) in [7, 11) is -2.26. The Morgan fingerprint density at radius 3 is 2.51 bits per heavy atom. The number of benzene rings is 1. The molecular formula is C27H30N8O3S. The molecule has 4 heterocycles. The van der Waals surface area contributed by atoms with Crippen molar-refractivity contribution in [3.8, 4) is 11.3 Å². The molecule has 0 radical (unpaired) electrons. The molecule has 1 saturated carbocycles. The molecule has 6 rings (SSSR count). The van der Waals surface area contributed by atoms with Gasteiger partial charge in [0, 0.05) is 37.1 Å². The quantitative estimate of drug-likeness (QED) is 0.290. The van der Waals surface area contributed by atoms with Crippen LogP contribution in [-0.4, -0.2) is 60.8 Å². The molecule has 0 amide bonds. The van der Waals surface area contributed by atoms with E-state index in [1.807, 2.05) is 13.8 Å². The smallest absolute Gasteiger partial charge is 0.269 e. The van der Waals surface area contributed by atoms with Gasteiger partial charge < -0.3 is 15.7 Å². The van der Waals surface area contributed by atoms with Crippen LogP contribution in [0, 0.1) is 6.92 Å². The summed E-state index contributed by atoms with van der Waals surface area (Å²) >= 11 is 0. The van der Waals surface area contributed by atoms with E-state index in [1.165, 1.54) is 3.97 Å². The number of aliphatic hydroxyl groups is 1. The summed E-state index contributed by atoms with van der Waals surface area (Å²) in [6, 6.07) is 10.4. The molecule has 39 heavy (non-hydrogen) atoms. The van der Waals surface area contributed by atoms with Gasteiger partial charge >= 0.3 is 0 Å². The van der Waals surface area contributed by atoms with Crippen LogP contribution in [0.5, 0.6) is 0 Å². The maximum Gasteiger partial charge on any atom is 0.269 e. The zero-order chi connectivity index (χ0) is 27.4. The molecule has 0 unspecified atom stereocenters. The van der Waals surface area contributed by atoms with E-state index in [2.05, 4.69) is 15.7 Å². The second-order valence-corrected chi connectivity index (χ2v) is 12.2. The number of aromatic nitrogens is 6. The van der Waals surface area contributed by atoms with E-state index in [0.29, 0.717) is 46.9 Å². The maximum atomic E-state index is 13.9. The predicted molar refractivity (Wildman–Crippen MR) is 149 cm³/mol. The molecule has 4 aromatic heterocycles. The molecule has 0 atom stereocenters. The van der Waals surface area contributed by atoms with Gasteiger partial charge in [0.15, 0.2) is 11.3 Å². The number of aryl methyl sites for hydroxylation is 1. The molecule has 12 heteroatoms. The summed E-state index contributed by atoms with van der Waals surface area (Å²) in [6.45, 7) is 3.76. The Morgan fingerprint density at radius 2 is 1.79 bits per heavy atom. The molecule has 0 aliphatic heterocycles. The van der Waals surface area contributed by atoms with E-state index in [0.717, 1.165) is 18.4 Å². The summed E-state index contributed by atoms with van der Waals surface area (Å²) in [5.41, 5.74) is 2.31. The largest absolute Gasteiger partial charge is 0.390 e. The molecule has 5 aromatic rings. The molecule has 1 fully saturated rings. The molecule has 202 valence electrons. The van der Waals surface area contributed by atoms with Gasteiger partial charge in [0.05, 0.1) is 27.8 Å². The average Bonchev–Trinajstić information content (AvgIpc) is 3.54. The number of fused-ring (bicyclic) bond motifs is 2. The number of hydrogen-bond donors (Lipinski definition) is 3. The van der Waals surface area contributed by atoms with E-state index in [9.17, 15) is 13.5 Å². The SMILES string of the molecule is CNc1nc(NC2CCC(C)(O)CC2)nc2c1c(-c1ccn3nccc3n1)cn2S(=O)(=O)c1ccc(C)cc1. The first-order valence-electron chi connectivity index (χ1n) is 12.9. The van der Waals surface area contributed by atoms with Gasteiger partial charge in [-0.3, -0.25) is 0 Å². The van der Waals surface area contributed by atoms with Crippen LogP contribution in [0.1, 0.15) is 38.2 Å². The maximum absolute atomic E-state index is 13.9. The summed E-state index contributed by atoms with van der Waals surface area (Å²) in [5.74, 6) is 0.802. The van der Waals surface area contributed by atoms with Crippen LogP contribution < -0.4 is 10.6 Å². The van der Waals surface area contributed by atoms with Crippen molar-refractivity contribution in [3.05, 3.63) is 60.6 Å². The van der Waals surface area contributed by atoms with Crippen molar-refractivity contribution in [2.75, 3.05) is 17.7 Å². The van der Waals surface area contributed by atoms with Crippen LogP contribution in [0.4, 0.5) is 11.8 Å². The average molecular weight is 547 g/mol. The Morgan fingerprint density at radius 1 is 1.05 bits per heavy atom. The Labute approximate surface area is 226 Å². The first-order chi connectivity index (χ1) is 18.6. The summed E-state index contributed by atoms with van der Waals surface area (Å²) in [4.78, 5) is 14.3. The van der Waals surface area contributed by atoms with Crippen molar-refractivity contribution in [1.82, 2.24) is 28.5 Å². The number of rotatable bonds is 6. The van der Waals surface area contributed by atoms with E-state index >= 15 is 0 Å². The lowest BCUT2D eigenvalue weighted by atomic mass is 9.84. The number of anilines is 2. The molecule has 0 saturated heterocycles. The van der Waals surface area contributed by atoms with E-state index < -0.39 is 15.6 Å². The third-order valence-electron chi connectivity index (χ3n) is 7.36. The highest BCUT2D eigenvalue weighted by atomic mass is 32.2. The van der Waals surface area contributed by atoms with Crippen LogP contribution in [0.25, 0.3) is 27.9 Å². The lowest BCUT2D eigenvalue weighted by molar-refractivity contribution is 0.0195. The molecule has 1 aliphatic carbocycles. The first kappa shape index (κ1) is 25.3. The van der Waals surface area contributed by atoms with Crippen LogP contribution >= 0.6 is 0 Å². The van der Waals surface area contributed by atoms with Crippen molar-refractivity contribution in [2.45, 2.75) is 56.1 Å². The fourth-order valence-corrected chi connectivity index (χ4v) is 6.39. The fourth-order valence-electron chi connectivity index (χ4n) is 5.08. The second-order valence-electron chi connectivity index (χ2n) is 10.4. The molecular weight excluding hydrogens is 516 g/mol. The molecule has 1 aromatic carbocycles. The predicted octanol–water partition coefficient (Wildman–Crippen LogP) is 3.83. The van der Waals surface area contributed by atoms with Crippen LogP contribution in [0.2, 0.25) is 0 Å². The molecule has 11 nitrogen and oxygen atoms in total. The highest BCUT2D eigenvalue weighted by Crippen LogP contribution is 2.37. The van der Waals surface area contributed by atoms with Crippen molar-refractivity contribution in [2.24, 2.45) is 0 Å². The van der Waals surface area contributed by atoms with Gasteiger partial charge in [0.25, 0.3) is 10.0 Å². The zero-order valence-corrected chi connectivity index (χ0v) is 22.8. The lowest BCUT2D eigenvalue weighted by Gasteiger charge is -2.33. The molecule has 0 bridgehead atoms. The van der Waals surface area contributed by atoms with Gasteiger partial charge in [-0.15, -0.1) is 0 Å². The third-order valence-corrected chi connectivity index (χ3v) is 9.02. The Bertz CT molecular complexity index is 1780. The van der Waals surface area contributed by atoms with Crippen LogP contribution in [0.15, 0.2) is 59.9 Å². The Kier molecular flexibility index (Phi) is 6.03. The van der Waals surface area contributed by atoms with Crippen molar-refractivity contribution in [3.63, 3.8) is 0 Å². The highest BCUT2D eigenvalue weighted by molar-refractivity contribution is 7.90. The van der Waals surface area contributed by atoms with Gasteiger partial charge in [-0.05, 0) is 57.7 Å². The Hall–Kier alpha value is -4.03. The summed E-state index contributed by atoms with van der Waals surface area (Å²) in [5, 5.41) is 21.6. The van der Waals surface area contributed by atoms with Gasteiger partial charge in [-0.1, -0.05) is 17.7 Å². The van der Waals surface area contributed by atoms with Gasteiger partial charge in [-0.25, -0.2) is 21.9 Å². The zero-order valence-electron chi connectivity index (χ0n) is 22.0. The van der Waals surface area contributed by atoms with Gasteiger partial charge in [-0.2, -0.15) is 15.1 Å². The third kappa shape index (κ3) is 4.59. The summed E-state index contributed by atoms with van der Waals surface area (Å²) in [6.07, 6.45) is 7.84. The van der Waals surface area contributed by atoms with Gasteiger partial charge in [0.2, 0.25) is 5.95 Å². The summed E-state index contributed by atoms with van der Waals surface area (Å²) < 4.78 is 30.7. The van der Waals surface area contributed by atoms with E-state index in [1.54, 1.807) is 66.6 Å². The first-order valence-corrected chi connectivity index (χ1v) is 14.3. The van der Waals surface area contributed by atoms with Crippen molar-refractivity contribution < 1.29 is 13.5 Å². The monoisotopic (exact) mass is 546 g/mol. The Balaban J connectivity index is 1.53. The minimum absolute atomic E-state index is 0.0647. The standard InChI is InChI=1S/C27H30N8O3S/c1-17-4-6-19(7-5-17)39(37,38)35-16-20(21-11-15-34-22(31-21)10-14-29-34)23-24(28-3)32-26(33-25(23)35)30-18-8-12-27(2,36)13-9-18/h4-7,10-11,14-16,18,36H,8-9,12-13H2,1-3H3,(H2,28,30,32,33). The second kappa shape index (κ2) is 9.31. The number of hydrogen-bond acceptors (Lipinski definition) is 9. The molecule has 3 N–H and O–H groups in total. The minimum atomic E-state index is -4.00. The topological polar surface area (TPSA) is 139 Å². The van der Waals surface area contributed by atoms with E-state index in [4.69, 9.17) is 15.0 Å². The highest BCUT2D eigenvalue weighted by Gasteiger charge is 2.30. The van der Waals surface area contributed by atoms with Crippen LogP contribution in [-0.2, 0) is 10.0 Å². The fraction of sp³-hybridized carbons (Fsp3) is 0.333. The number of nitrogens with zero attached hydrogens (tertiary/aromatic N) is 6. The lowest BCUT2D eigenvalue weighted by Crippen LogP contribution is -2.36. The van der Waals surface area contributed by atoms with E-state index in [-0.39, 0.29) is 16.6 Å². The molecule has 1 aliphatic rings. The molecule has 0 spiro atoms. The minimum Gasteiger partial charge on any atom is -0.390 e. The normalized spacial score (nSPS) is 19.9. The van der Waals surface area contributed by atoms with Gasteiger partial charge in [0.1, 0.15) is 5.82 Å².